The van der Waals surface area contributed by atoms with Crippen molar-refractivity contribution >= 4 is 5.91 Å². The first-order chi connectivity index (χ1) is 10.2. The van der Waals surface area contributed by atoms with Crippen molar-refractivity contribution in [2.45, 2.75) is 25.8 Å². The maximum absolute atomic E-state index is 12.5. The van der Waals surface area contributed by atoms with Crippen LogP contribution >= 0.6 is 0 Å². The van der Waals surface area contributed by atoms with Crippen LogP contribution in [0.4, 0.5) is 0 Å². The van der Waals surface area contributed by atoms with Gasteiger partial charge in [-0.1, -0.05) is 17.3 Å². The van der Waals surface area contributed by atoms with Crippen molar-refractivity contribution in [3.05, 3.63) is 47.3 Å². The number of hydrogen-bond donors (Lipinski definition) is 0. The Labute approximate surface area is 123 Å². The van der Waals surface area contributed by atoms with Crippen molar-refractivity contribution in [3.8, 4) is 5.75 Å². The van der Waals surface area contributed by atoms with E-state index in [-0.39, 0.29) is 11.9 Å². The van der Waals surface area contributed by atoms with Gasteiger partial charge < -0.3 is 14.2 Å². The number of likely N-dealkylation sites (tertiary alicyclic amines) is 1. The molecule has 2 aromatic rings. The molecular weight excluding hydrogens is 268 g/mol. The van der Waals surface area contributed by atoms with Crippen LogP contribution < -0.4 is 4.74 Å². The molecule has 1 amide bonds. The highest BCUT2D eigenvalue weighted by atomic mass is 16.5. The van der Waals surface area contributed by atoms with E-state index in [0.29, 0.717) is 11.5 Å². The summed E-state index contributed by atoms with van der Waals surface area (Å²) in [5.41, 5.74) is 1.51. The second-order valence-corrected chi connectivity index (χ2v) is 5.25. The molecule has 5 heteroatoms. The molecule has 1 saturated heterocycles. The number of amides is 1. The van der Waals surface area contributed by atoms with E-state index in [0.717, 1.165) is 30.7 Å². The van der Waals surface area contributed by atoms with Crippen LogP contribution in [0.5, 0.6) is 5.75 Å². The minimum absolute atomic E-state index is 0.0647. The SMILES string of the molecule is COc1ccc([C@H]2CCCN2C(=O)c2cc(C)on2)cc1. The topological polar surface area (TPSA) is 55.6 Å². The van der Waals surface area contributed by atoms with Crippen LogP contribution in [0.25, 0.3) is 0 Å². The third-order valence-corrected chi connectivity index (χ3v) is 3.86. The lowest BCUT2D eigenvalue weighted by Gasteiger charge is -2.24. The number of carbonyl (C=O) groups is 1. The number of rotatable bonds is 3. The molecule has 1 aliphatic heterocycles. The first-order valence-corrected chi connectivity index (χ1v) is 7.07. The van der Waals surface area contributed by atoms with E-state index >= 15 is 0 Å². The molecule has 1 aliphatic rings. The second kappa shape index (κ2) is 5.60. The van der Waals surface area contributed by atoms with Gasteiger partial charge in [0.25, 0.3) is 5.91 Å². The molecule has 0 aliphatic carbocycles. The van der Waals surface area contributed by atoms with Gasteiger partial charge >= 0.3 is 0 Å². The Morgan fingerprint density at radius 1 is 1.38 bits per heavy atom. The largest absolute Gasteiger partial charge is 0.497 e. The molecule has 1 aromatic heterocycles. The maximum Gasteiger partial charge on any atom is 0.276 e. The summed E-state index contributed by atoms with van der Waals surface area (Å²) in [6.45, 7) is 2.54. The van der Waals surface area contributed by atoms with Gasteiger partial charge in [-0.2, -0.15) is 0 Å². The lowest BCUT2D eigenvalue weighted by Crippen LogP contribution is -2.30. The van der Waals surface area contributed by atoms with Crippen molar-refractivity contribution in [2.24, 2.45) is 0 Å². The van der Waals surface area contributed by atoms with Crippen LogP contribution in [-0.4, -0.2) is 29.6 Å². The zero-order valence-electron chi connectivity index (χ0n) is 12.2. The first-order valence-electron chi connectivity index (χ1n) is 7.07. The van der Waals surface area contributed by atoms with E-state index in [4.69, 9.17) is 9.26 Å². The van der Waals surface area contributed by atoms with Crippen LogP contribution in [0.2, 0.25) is 0 Å². The minimum Gasteiger partial charge on any atom is -0.497 e. The van der Waals surface area contributed by atoms with Gasteiger partial charge in [0.05, 0.1) is 13.2 Å². The van der Waals surface area contributed by atoms with Crippen molar-refractivity contribution < 1.29 is 14.1 Å². The van der Waals surface area contributed by atoms with Gasteiger partial charge in [-0.15, -0.1) is 0 Å². The molecule has 0 N–H and O–H groups in total. The summed E-state index contributed by atoms with van der Waals surface area (Å²) in [6.07, 6.45) is 1.97. The number of aromatic nitrogens is 1. The summed E-state index contributed by atoms with van der Waals surface area (Å²) in [4.78, 5) is 14.4. The van der Waals surface area contributed by atoms with E-state index in [1.807, 2.05) is 29.2 Å². The lowest BCUT2D eigenvalue weighted by atomic mass is 10.0. The Bertz CT molecular complexity index is 633. The quantitative estimate of drug-likeness (QED) is 0.870. The summed E-state index contributed by atoms with van der Waals surface area (Å²) in [5.74, 6) is 1.41. The lowest BCUT2D eigenvalue weighted by molar-refractivity contribution is 0.0725. The Hall–Kier alpha value is -2.30. The number of hydrogen-bond acceptors (Lipinski definition) is 4. The summed E-state index contributed by atoms with van der Waals surface area (Å²) in [5, 5.41) is 3.83. The zero-order chi connectivity index (χ0) is 14.8. The molecule has 110 valence electrons. The number of carbonyl (C=O) groups excluding carboxylic acids is 1. The smallest absolute Gasteiger partial charge is 0.276 e. The first kappa shape index (κ1) is 13.7. The van der Waals surface area contributed by atoms with Crippen molar-refractivity contribution in [1.82, 2.24) is 10.1 Å². The van der Waals surface area contributed by atoms with E-state index in [1.54, 1.807) is 20.1 Å². The fourth-order valence-corrected chi connectivity index (χ4v) is 2.80. The Kier molecular flexibility index (Phi) is 3.64. The number of aryl methyl sites for hydroxylation is 1. The number of methoxy groups -OCH3 is 1. The van der Waals surface area contributed by atoms with Gasteiger partial charge in [0, 0.05) is 12.6 Å². The van der Waals surface area contributed by atoms with Gasteiger partial charge in [-0.25, -0.2) is 0 Å². The summed E-state index contributed by atoms with van der Waals surface area (Å²) in [6, 6.07) is 9.67. The monoisotopic (exact) mass is 286 g/mol. The Morgan fingerprint density at radius 2 is 2.14 bits per heavy atom. The second-order valence-electron chi connectivity index (χ2n) is 5.25. The normalized spacial score (nSPS) is 18.0. The number of nitrogens with zero attached hydrogens (tertiary/aromatic N) is 2. The third kappa shape index (κ3) is 2.63. The van der Waals surface area contributed by atoms with E-state index in [1.165, 1.54) is 0 Å². The molecule has 5 nitrogen and oxygen atoms in total. The Balaban J connectivity index is 1.83. The molecule has 0 unspecified atom stereocenters. The maximum atomic E-state index is 12.5. The van der Waals surface area contributed by atoms with Gasteiger partial charge in [-0.05, 0) is 37.5 Å². The standard InChI is InChI=1S/C16H18N2O3/c1-11-10-14(17-21-11)16(19)18-9-3-4-15(18)12-5-7-13(20-2)8-6-12/h5-8,10,15H,3-4,9H2,1-2H3/t15-/m1/s1. The van der Waals surface area contributed by atoms with Gasteiger partial charge in [0.1, 0.15) is 11.5 Å². The van der Waals surface area contributed by atoms with Crippen LogP contribution in [0.1, 0.15) is 40.7 Å². The number of benzene rings is 1. The average Bonchev–Trinajstić information content (AvgIpc) is 3.15. The predicted molar refractivity (Wildman–Crippen MR) is 77.2 cm³/mol. The molecule has 1 fully saturated rings. The van der Waals surface area contributed by atoms with Crippen LogP contribution in [-0.2, 0) is 0 Å². The molecule has 0 spiro atoms. The predicted octanol–water partition coefficient (Wildman–Crippen LogP) is 2.97. The summed E-state index contributed by atoms with van der Waals surface area (Å²) >= 11 is 0. The van der Waals surface area contributed by atoms with Crippen molar-refractivity contribution in [1.29, 1.82) is 0 Å². The summed E-state index contributed by atoms with van der Waals surface area (Å²) in [7, 11) is 1.65. The molecule has 0 saturated carbocycles. The highest BCUT2D eigenvalue weighted by Crippen LogP contribution is 2.33. The fourth-order valence-electron chi connectivity index (χ4n) is 2.80. The van der Waals surface area contributed by atoms with Crippen LogP contribution in [0, 0.1) is 6.92 Å². The van der Waals surface area contributed by atoms with E-state index < -0.39 is 0 Å². The van der Waals surface area contributed by atoms with Crippen molar-refractivity contribution in [3.63, 3.8) is 0 Å². The third-order valence-electron chi connectivity index (χ3n) is 3.86. The van der Waals surface area contributed by atoms with E-state index in [2.05, 4.69) is 5.16 Å². The number of ether oxygens (including phenoxy) is 1. The molecule has 1 atom stereocenters. The molecule has 1 aromatic carbocycles. The van der Waals surface area contributed by atoms with Gasteiger partial charge in [-0.3, -0.25) is 4.79 Å². The average molecular weight is 286 g/mol. The minimum atomic E-state index is -0.0647. The molecule has 3 rings (SSSR count). The summed E-state index contributed by atoms with van der Waals surface area (Å²) < 4.78 is 10.2. The molecule has 2 heterocycles. The zero-order valence-corrected chi connectivity index (χ0v) is 12.2. The van der Waals surface area contributed by atoms with Crippen LogP contribution in [0.15, 0.2) is 34.9 Å². The van der Waals surface area contributed by atoms with Crippen LogP contribution in [0.3, 0.4) is 0 Å². The Morgan fingerprint density at radius 3 is 2.76 bits per heavy atom. The molecule has 0 bridgehead atoms. The van der Waals surface area contributed by atoms with Crippen molar-refractivity contribution in [2.75, 3.05) is 13.7 Å². The molecule has 0 radical (unpaired) electrons. The highest BCUT2D eigenvalue weighted by Gasteiger charge is 2.31. The fraction of sp³-hybridized carbons (Fsp3) is 0.375. The highest BCUT2D eigenvalue weighted by molar-refractivity contribution is 5.92. The molecular formula is C16H18N2O3. The van der Waals surface area contributed by atoms with Gasteiger partial charge in [0.15, 0.2) is 5.69 Å². The molecule has 21 heavy (non-hydrogen) atoms. The van der Waals surface area contributed by atoms with E-state index in [9.17, 15) is 4.79 Å². The van der Waals surface area contributed by atoms with Gasteiger partial charge in [0.2, 0.25) is 0 Å².